The van der Waals surface area contributed by atoms with Crippen molar-refractivity contribution in [1.82, 2.24) is 5.32 Å². The van der Waals surface area contributed by atoms with Crippen molar-refractivity contribution in [3.05, 3.63) is 12.3 Å². The third-order valence-electron chi connectivity index (χ3n) is 1.29. The molecule has 0 aromatic carbocycles. The van der Waals surface area contributed by atoms with E-state index in [0.29, 0.717) is 12.2 Å². The quantitative estimate of drug-likeness (QED) is 0.541. The third kappa shape index (κ3) is 14.3. The molecule has 0 aromatic heterocycles. The Kier molecular flexibility index (Phi) is 15.1. The molecule has 6 heteroatoms. The molecule has 0 atom stereocenters. The molecule has 0 radical (unpaired) electrons. The fourth-order valence-corrected chi connectivity index (χ4v) is 0.628. The predicted octanol–water partition coefficient (Wildman–Crippen LogP) is 0.369. The van der Waals surface area contributed by atoms with Gasteiger partial charge in [0.15, 0.2) is 0 Å². The fourth-order valence-electron chi connectivity index (χ4n) is 0.628. The van der Waals surface area contributed by atoms with E-state index in [-0.39, 0.29) is 31.5 Å². The minimum atomic E-state index is -0.225. The lowest BCUT2D eigenvalue weighted by molar-refractivity contribution is -0.148. The highest BCUT2D eigenvalue weighted by Gasteiger charge is 2.17. The lowest BCUT2D eigenvalue weighted by Gasteiger charge is -2.12. The number of hydrogen-bond donors (Lipinski definition) is 2. The summed E-state index contributed by atoms with van der Waals surface area (Å²) < 4.78 is 4.31. The number of Topliss-reactive ketones (excluding diaryl/α,β-unsaturated/α-hetero) is 1. The maximum Gasteiger partial charge on any atom is 0.318 e. The molecule has 0 saturated carbocycles. The summed E-state index contributed by atoms with van der Waals surface area (Å²) in [6.45, 7) is 4.75. The van der Waals surface area contributed by atoms with Crippen LogP contribution in [0.4, 0.5) is 0 Å². The van der Waals surface area contributed by atoms with Gasteiger partial charge in [0.25, 0.3) is 0 Å². The Hall–Kier alpha value is -1.69. The average molecular weight is 246 g/mol. The van der Waals surface area contributed by atoms with Gasteiger partial charge < -0.3 is 15.8 Å². The minimum absolute atomic E-state index is 0. The van der Waals surface area contributed by atoms with Crippen LogP contribution >= 0.6 is 0 Å². The Balaban J connectivity index is -0.000000195. The summed E-state index contributed by atoms with van der Waals surface area (Å²) in [6, 6.07) is 0. The molecule has 1 heterocycles. The highest BCUT2D eigenvalue weighted by Crippen LogP contribution is 2.13. The van der Waals surface area contributed by atoms with Crippen LogP contribution in [-0.2, 0) is 19.1 Å². The van der Waals surface area contributed by atoms with Gasteiger partial charge in [0.1, 0.15) is 18.0 Å². The molecule has 100 valence electrons. The molecule has 0 spiro atoms. The van der Waals surface area contributed by atoms with Crippen molar-refractivity contribution in [3.63, 3.8) is 0 Å². The fraction of sp³-hybridized carbons (Fsp3) is 0.545. The number of nitrogens with two attached hydrogens (primary N) is 1. The molecule has 1 fully saturated rings. The smallest absolute Gasteiger partial charge is 0.318 e. The first-order valence-electron chi connectivity index (χ1n) is 4.62. The molecule has 0 aliphatic carbocycles. The second-order valence-electron chi connectivity index (χ2n) is 2.74. The maximum absolute atomic E-state index is 10.3. The zero-order chi connectivity index (χ0) is 13.1. The Morgan fingerprint density at radius 1 is 1.47 bits per heavy atom. The predicted molar refractivity (Wildman–Crippen MR) is 66.1 cm³/mol. The molecule has 17 heavy (non-hydrogen) atoms. The molecule has 6 nitrogen and oxygen atoms in total. The number of ether oxygens (including phenoxy) is 1. The number of nitrogens with one attached hydrogen (secondary N) is 1. The number of carbonyl (C=O) groups excluding carboxylic acids is 3. The molecule has 1 saturated heterocycles. The summed E-state index contributed by atoms with van der Waals surface area (Å²) in [7, 11) is 3.01. The van der Waals surface area contributed by atoms with Crippen LogP contribution in [0.2, 0.25) is 0 Å². The molecule has 1 rings (SSSR count). The summed E-state index contributed by atoms with van der Waals surface area (Å²) in [5.41, 5.74) is 4.50. The number of esters is 1. The third-order valence-corrected chi connectivity index (χ3v) is 1.29. The Bertz CT molecular complexity index is 253. The normalized spacial score (nSPS) is 11.1. The summed E-state index contributed by atoms with van der Waals surface area (Å²) in [5, 5.41) is 2.34. The monoisotopic (exact) mass is 246 g/mol. The zero-order valence-electron chi connectivity index (χ0n) is 9.83. The van der Waals surface area contributed by atoms with Crippen LogP contribution < -0.4 is 11.1 Å². The Labute approximate surface area is 102 Å². The Morgan fingerprint density at radius 2 is 1.88 bits per heavy atom. The van der Waals surface area contributed by atoms with Crippen molar-refractivity contribution in [2.45, 2.75) is 27.2 Å². The van der Waals surface area contributed by atoms with Gasteiger partial charge >= 0.3 is 5.97 Å². The van der Waals surface area contributed by atoms with Crippen molar-refractivity contribution in [3.8, 4) is 0 Å². The van der Waals surface area contributed by atoms with Crippen LogP contribution in [-0.4, -0.2) is 31.8 Å². The summed E-state index contributed by atoms with van der Waals surface area (Å²) in [4.78, 5) is 30.3. The van der Waals surface area contributed by atoms with Crippen molar-refractivity contribution in [2.24, 2.45) is 5.73 Å². The largest absolute Gasteiger partial charge is 0.431 e. The molecule has 3 N–H and O–H groups in total. The van der Waals surface area contributed by atoms with Gasteiger partial charge in [0, 0.05) is 7.05 Å². The standard InChI is InChI=1S/C5H9NO2.C4H4O2.CH5N.CH4/c1-4(7)3-5(8)6-2;1-3-2-4(5)6-3;1-2;/h3H2,1-2H3,(H,6,8);1-2H2;2H2,1H3;1H4. The van der Waals surface area contributed by atoms with Crippen molar-refractivity contribution in [1.29, 1.82) is 0 Å². The average Bonchev–Trinajstić information content (AvgIpc) is 2.19. The van der Waals surface area contributed by atoms with Crippen LogP contribution in [0, 0.1) is 0 Å². The first-order valence-corrected chi connectivity index (χ1v) is 4.62. The van der Waals surface area contributed by atoms with E-state index >= 15 is 0 Å². The zero-order valence-corrected chi connectivity index (χ0v) is 9.83. The number of carbonyl (C=O) groups is 3. The van der Waals surface area contributed by atoms with Gasteiger partial charge in [-0.3, -0.25) is 14.4 Å². The van der Waals surface area contributed by atoms with Gasteiger partial charge in [-0.1, -0.05) is 14.0 Å². The van der Waals surface area contributed by atoms with E-state index in [9.17, 15) is 14.4 Å². The summed E-state index contributed by atoms with van der Waals surface area (Å²) >= 11 is 0. The molecule has 0 unspecified atom stereocenters. The summed E-state index contributed by atoms with van der Waals surface area (Å²) in [5.74, 6) is 0.0850. The van der Waals surface area contributed by atoms with Gasteiger partial charge in [0.05, 0.1) is 6.42 Å². The van der Waals surface area contributed by atoms with Crippen LogP contribution in [0.1, 0.15) is 27.2 Å². The summed E-state index contributed by atoms with van der Waals surface area (Å²) in [6.07, 6.45) is 0.413. The Morgan fingerprint density at radius 3 is 1.94 bits per heavy atom. The first-order chi connectivity index (χ1) is 7.45. The molecular formula is C11H22N2O4. The van der Waals surface area contributed by atoms with Crippen LogP contribution in [0.15, 0.2) is 12.3 Å². The lowest BCUT2D eigenvalue weighted by atomic mass is 10.3. The molecule has 0 bridgehead atoms. The maximum atomic E-state index is 10.3. The first kappa shape index (κ1) is 20.7. The van der Waals surface area contributed by atoms with E-state index in [1.807, 2.05) is 0 Å². The van der Waals surface area contributed by atoms with Crippen molar-refractivity contribution < 1.29 is 19.1 Å². The number of amides is 1. The highest BCUT2D eigenvalue weighted by atomic mass is 16.6. The second kappa shape index (κ2) is 12.4. The molecule has 0 aromatic rings. The number of cyclic esters (lactones) is 1. The molecule has 1 aliphatic heterocycles. The van der Waals surface area contributed by atoms with Crippen molar-refractivity contribution in [2.75, 3.05) is 14.1 Å². The number of hydrogen-bond acceptors (Lipinski definition) is 5. The van der Waals surface area contributed by atoms with E-state index < -0.39 is 0 Å². The van der Waals surface area contributed by atoms with Gasteiger partial charge in [0.2, 0.25) is 5.91 Å². The number of ketones is 1. The molecule has 1 amide bonds. The molecular weight excluding hydrogens is 224 g/mol. The van der Waals surface area contributed by atoms with Crippen LogP contribution in [0.25, 0.3) is 0 Å². The topological polar surface area (TPSA) is 98.5 Å². The van der Waals surface area contributed by atoms with E-state index in [1.165, 1.54) is 21.0 Å². The van der Waals surface area contributed by atoms with Gasteiger partial charge in [-0.2, -0.15) is 0 Å². The van der Waals surface area contributed by atoms with E-state index in [4.69, 9.17) is 0 Å². The number of rotatable bonds is 2. The SMILES string of the molecule is C.C=C1CC(=O)O1.CN.CNC(=O)CC(C)=O. The second-order valence-corrected chi connectivity index (χ2v) is 2.74. The van der Waals surface area contributed by atoms with Crippen LogP contribution in [0.3, 0.4) is 0 Å². The van der Waals surface area contributed by atoms with Crippen LogP contribution in [0.5, 0.6) is 0 Å². The molecule has 1 aliphatic rings. The van der Waals surface area contributed by atoms with E-state index in [2.05, 4.69) is 22.4 Å². The minimum Gasteiger partial charge on any atom is -0.431 e. The highest BCUT2D eigenvalue weighted by molar-refractivity contribution is 5.96. The lowest BCUT2D eigenvalue weighted by Crippen LogP contribution is -2.19. The van der Waals surface area contributed by atoms with Crippen molar-refractivity contribution >= 4 is 17.7 Å². The van der Waals surface area contributed by atoms with E-state index in [0.717, 1.165) is 0 Å². The van der Waals surface area contributed by atoms with E-state index in [1.54, 1.807) is 0 Å². The van der Waals surface area contributed by atoms with Gasteiger partial charge in [-0.15, -0.1) is 0 Å². The van der Waals surface area contributed by atoms with Gasteiger partial charge in [-0.05, 0) is 14.0 Å². The van der Waals surface area contributed by atoms with Gasteiger partial charge in [-0.25, -0.2) is 0 Å².